The van der Waals surface area contributed by atoms with Crippen LogP contribution in [0.3, 0.4) is 0 Å². The third-order valence-corrected chi connectivity index (χ3v) is 5.20. The molecule has 5 nitrogen and oxygen atoms in total. The molecule has 2 rings (SSSR count). The minimum Gasteiger partial charge on any atom is -0.313 e. The molecule has 6 heteroatoms. The summed E-state index contributed by atoms with van der Waals surface area (Å²) in [6.07, 6.45) is 0.870. The molecule has 0 saturated carbocycles. The van der Waals surface area contributed by atoms with Crippen molar-refractivity contribution in [3.05, 3.63) is 29.8 Å². The van der Waals surface area contributed by atoms with Gasteiger partial charge in [0.1, 0.15) is 6.04 Å². The third-order valence-electron chi connectivity index (χ3n) is 3.28. The molecule has 1 atom stereocenters. The van der Waals surface area contributed by atoms with Gasteiger partial charge in [0.15, 0.2) is 0 Å². The van der Waals surface area contributed by atoms with Crippen LogP contribution in [0.25, 0.3) is 0 Å². The summed E-state index contributed by atoms with van der Waals surface area (Å²) in [7, 11) is -3.58. The molecule has 0 aliphatic carbocycles. The van der Waals surface area contributed by atoms with Crippen molar-refractivity contribution in [2.45, 2.75) is 24.3 Å². The van der Waals surface area contributed by atoms with Crippen LogP contribution in [0.1, 0.15) is 12.5 Å². The first-order valence-electron chi connectivity index (χ1n) is 6.30. The van der Waals surface area contributed by atoms with Crippen LogP contribution in [0.5, 0.6) is 0 Å². The van der Waals surface area contributed by atoms with Crippen LogP contribution in [-0.4, -0.2) is 38.4 Å². The Morgan fingerprint density at radius 2 is 2.11 bits per heavy atom. The van der Waals surface area contributed by atoms with Crippen LogP contribution in [-0.2, 0) is 16.4 Å². The highest BCUT2D eigenvalue weighted by Gasteiger charge is 2.33. The number of rotatable bonds is 3. The topological polar surface area (TPSA) is 73.2 Å². The van der Waals surface area contributed by atoms with Gasteiger partial charge in [0.25, 0.3) is 0 Å². The van der Waals surface area contributed by atoms with Crippen molar-refractivity contribution >= 4 is 10.0 Å². The number of benzene rings is 1. The fraction of sp³-hybridized carbons (Fsp3) is 0.462. The van der Waals surface area contributed by atoms with E-state index in [1.165, 1.54) is 4.31 Å². The Kier molecular flexibility index (Phi) is 4.20. The Morgan fingerprint density at radius 3 is 2.68 bits per heavy atom. The lowest BCUT2D eigenvalue weighted by molar-refractivity contribution is 0.312. The summed E-state index contributed by atoms with van der Waals surface area (Å²) in [5.74, 6) is 0. The van der Waals surface area contributed by atoms with Gasteiger partial charge in [0.05, 0.1) is 11.0 Å². The second kappa shape index (κ2) is 5.70. The molecule has 0 amide bonds. The monoisotopic (exact) mass is 279 g/mol. The number of hydrogen-bond acceptors (Lipinski definition) is 4. The molecule has 1 fully saturated rings. The molecular weight excluding hydrogens is 262 g/mol. The summed E-state index contributed by atoms with van der Waals surface area (Å²) in [5.41, 5.74) is 1.09. The van der Waals surface area contributed by atoms with E-state index in [0.29, 0.717) is 19.6 Å². The maximum atomic E-state index is 12.5. The number of aryl methyl sites for hydroxylation is 1. The van der Waals surface area contributed by atoms with Gasteiger partial charge in [-0.1, -0.05) is 19.1 Å². The van der Waals surface area contributed by atoms with Crippen LogP contribution >= 0.6 is 0 Å². The summed E-state index contributed by atoms with van der Waals surface area (Å²) in [5, 5.41) is 12.1. The second-order valence-corrected chi connectivity index (χ2v) is 6.35. The molecule has 1 aliphatic rings. The second-order valence-electron chi connectivity index (χ2n) is 4.46. The fourth-order valence-corrected chi connectivity index (χ4v) is 3.66. The number of nitrogens with zero attached hydrogens (tertiary/aromatic N) is 2. The van der Waals surface area contributed by atoms with E-state index in [1.54, 1.807) is 12.1 Å². The molecule has 1 N–H and O–H groups in total. The van der Waals surface area contributed by atoms with E-state index >= 15 is 0 Å². The molecule has 0 bridgehead atoms. The van der Waals surface area contributed by atoms with Crippen molar-refractivity contribution in [2.24, 2.45) is 0 Å². The number of piperazine rings is 1. The number of sulfonamides is 1. The van der Waals surface area contributed by atoms with Gasteiger partial charge in [-0.2, -0.15) is 9.57 Å². The van der Waals surface area contributed by atoms with Gasteiger partial charge in [0, 0.05) is 19.6 Å². The Balaban J connectivity index is 2.32. The quantitative estimate of drug-likeness (QED) is 0.885. The highest BCUT2D eigenvalue weighted by Crippen LogP contribution is 2.19. The van der Waals surface area contributed by atoms with Crippen LogP contribution in [0, 0.1) is 11.3 Å². The Morgan fingerprint density at radius 1 is 1.42 bits per heavy atom. The number of nitriles is 1. The summed E-state index contributed by atoms with van der Waals surface area (Å²) in [4.78, 5) is 0.256. The average molecular weight is 279 g/mol. The van der Waals surface area contributed by atoms with Gasteiger partial charge >= 0.3 is 0 Å². The first-order valence-corrected chi connectivity index (χ1v) is 7.74. The van der Waals surface area contributed by atoms with Gasteiger partial charge in [0.2, 0.25) is 10.0 Å². The molecule has 1 saturated heterocycles. The maximum Gasteiger partial charge on any atom is 0.244 e. The van der Waals surface area contributed by atoms with E-state index in [2.05, 4.69) is 5.32 Å². The zero-order valence-corrected chi connectivity index (χ0v) is 11.7. The first-order chi connectivity index (χ1) is 9.09. The highest BCUT2D eigenvalue weighted by molar-refractivity contribution is 7.89. The van der Waals surface area contributed by atoms with Crippen molar-refractivity contribution in [1.29, 1.82) is 5.26 Å². The van der Waals surface area contributed by atoms with E-state index in [4.69, 9.17) is 5.26 Å². The predicted octanol–water partition coefficient (Wildman–Crippen LogP) is 0.735. The number of nitrogens with one attached hydrogen (secondary N) is 1. The molecule has 0 aromatic heterocycles. The Bertz CT molecular complexity index is 575. The SMILES string of the molecule is CCc1ccc(S(=O)(=O)N2CCNCC2C#N)cc1. The van der Waals surface area contributed by atoms with E-state index in [-0.39, 0.29) is 4.90 Å². The largest absolute Gasteiger partial charge is 0.313 e. The van der Waals surface area contributed by atoms with Crippen molar-refractivity contribution in [1.82, 2.24) is 9.62 Å². The van der Waals surface area contributed by atoms with Gasteiger partial charge in [-0.15, -0.1) is 0 Å². The zero-order valence-electron chi connectivity index (χ0n) is 10.8. The minimum absolute atomic E-state index is 0.256. The lowest BCUT2D eigenvalue weighted by atomic mass is 10.2. The predicted molar refractivity (Wildman–Crippen MR) is 72.0 cm³/mol. The molecule has 0 radical (unpaired) electrons. The Labute approximate surface area is 113 Å². The van der Waals surface area contributed by atoms with E-state index < -0.39 is 16.1 Å². The van der Waals surface area contributed by atoms with Crippen molar-refractivity contribution in [3.63, 3.8) is 0 Å². The summed E-state index contributed by atoms with van der Waals surface area (Å²) in [6, 6.07) is 8.27. The van der Waals surface area contributed by atoms with E-state index in [0.717, 1.165) is 12.0 Å². The average Bonchev–Trinajstić information content (AvgIpc) is 2.47. The minimum atomic E-state index is -3.58. The van der Waals surface area contributed by atoms with Gasteiger partial charge in [-0.3, -0.25) is 0 Å². The lowest BCUT2D eigenvalue weighted by Crippen LogP contribution is -2.52. The molecular formula is C13H17N3O2S. The lowest BCUT2D eigenvalue weighted by Gasteiger charge is -2.30. The fourth-order valence-electron chi connectivity index (χ4n) is 2.12. The number of hydrogen-bond donors (Lipinski definition) is 1. The van der Waals surface area contributed by atoms with Crippen LogP contribution in [0.2, 0.25) is 0 Å². The van der Waals surface area contributed by atoms with Crippen molar-refractivity contribution < 1.29 is 8.42 Å². The molecule has 102 valence electrons. The molecule has 19 heavy (non-hydrogen) atoms. The van der Waals surface area contributed by atoms with Gasteiger partial charge in [-0.05, 0) is 24.1 Å². The van der Waals surface area contributed by atoms with Crippen LogP contribution in [0.4, 0.5) is 0 Å². The van der Waals surface area contributed by atoms with Crippen molar-refractivity contribution in [3.8, 4) is 6.07 Å². The normalized spacial score (nSPS) is 20.9. The summed E-state index contributed by atoms with van der Waals surface area (Å²) >= 11 is 0. The smallest absolute Gasteiger partial charge is 0.244 e. The third kappa shape index (κ3) is 2.78. The maximum absolute atomic E-state index is 12.5. The molecule has 1 unspecified atom stereocenters. The zero-order chi connectivity index (χ0) is 13.9. The summed E-state index contributed by atoms with van der Waals surface area (Å²) in [6.45, 7) is 3.30. The van der Waals surface area contributed by atoms with Gasteiger partial charge < -0.3 is 5.32 Å². The molecule has 1 aromatic rings. The molecule has 1 heterocycles. The van der Waals surface area contributed by atoms with Crippen molar-refractivity contribution in [2.75, 3.05) is 19.6 Å². The van der Waals surface area contributed by atoms with Crippen LogP contribution < -0.4 is 5.32 Å². The first kappa shape index (κ1) is 14.0. The molecule has 1 aromatic carbocycles. The highest BCUT2D eigenvalue weighted by atomic mass is 32.2. The summed E-state index contributed by atoms with van der Waals surface area (Å²) < 4.78 is 26.3. The molecule has 0 spiro atoms. The van der Waals surface area contributed by atoms with Crippen LogP contribution in [0.15, 0.2) is 29.2 Å². The Hall–Kier alpha value is -1.42. The van der Waals surface area contributed by atoms with E-state index in [1.807, 2.05) is 25.1 Å². The van der Waals surface area contributed by atoms with Gasteiger partial charge in [-0.25, -0.2) is 8.42 Å². The molecule has 1 aliphatic heterocycles. The standard InChI is InChI=1S/C13H17N3O2S/c1-2-11-3-5-13(6-4-11)19(17,18)16-8-7-15-10-12(16)9-14/h3-6,12,15H,2,7-8,10H2,1H3. The van der Waals surface area contributed by atoms with E-state index in [9.17, 15) is 8.42 Å².